The molecule has 0 fully saturated rings. The summed E-state index contributed by atoms with van der Waals surface area (Å²) in [6.07, 6.45) is 6.34. The molecule has 2 heterocycles. The second-order valence-electron chi connectivity index (χ2n) is 4.63. The Balaban J connectivity index is 1.73. The fourth-order valence-electron chi connectivity index (χ4n) is 2.22. The lowest BCUT2D eigenvalue weighted by Crippen LogP contribution is -2.07. The van der Waals surface area contributed by atoms with Gasteiger partial charge in [-0.3, -0.25) is 9.97 Å². The van der Waals surface area contributed by atoms with Crippen molar-refractivity contribution in [3.8, 4) is 0 Å². The number of nitrogens with zero attached hydrogens (tertiary/aromatic N) is 2. The van der Waals surface area contributed by atoms with Gasteiger partial charge < -0.3 is 11.1 Å². The lowest BCUT2D eigenvalue weighted by molar-refractivity contribution is 1.01. The number of benzene rings is 1. The minimum atomic E-state index is 0.755. The average Bonchev–Trinajstić information content (AvgIpc) is 2.51. The van der Waals surface area contributed by atoms with Gasteiger partial charge in [0.05, 0.1) is 16.9 Å². The molecule has 0 spiro atoms. The largest absolute Gasteiger partial charge is 0.397 e. The van der Waals surface area contributed by atoms with Gasteiger partial charge in [-0.15, -0.1) is 0 Å². The molecule has 3 aromatic rings. The number of nitrogens with one attached hydrogen (secondary N) is 1. The molecule has 1 aromatic carbocycles. The SMILES string of the molecule is Nc1c(NCCc2ccncc2)ccc2ncccc12. The van der Waals surface area contributed by atoms with Crippen molar-refractivity contribution >= 4 is 22.3 Å². The van der Waals surface area contributed by atoms with Crippen LogP contribution in [-0.2, 0) is 6.42 Å². The summed E-state index contributed by atoms with van der Waals surface area (Å²) in [5, 5.41) is 4.37. The quantitative estimate of drug-likeness (QED) is 0.711. The molecule has 0 atom stereocenters. The zero-order valence-electron chi connectivity index (χ0n) is 11.1. The van der Waals surface area contributed by atoms with Crippen molar-refractivity contribution in [2.45, 2.75) is 6.42 Å². The predicted octanol–water partition coefficient (Wildman–Crippen LogP) is 2.87. The van der Waals surface area contributed by atoms with E-state index in [4.69, 9.17) is 5.73 Å². The van der Waals surface area contributed by atoms with Gasteiger partial charge in [0, 0.05) is 30.5 Å². The Morgan fingerprint density at radius 2 is 1.85 bits per heavy atom. The monoisotopic (exact) mass is 264 g/mol. The molecule has 2 aromatic heterocycles. The molecule has 4 nitrogen and oxygen atoms in total. The van der Waals surface area contributed by atoms with Gasteiger partial charge in [0.25, 0.3) is 0 Å². The van der Waals surface area contributed by atoms with Gasteiger partial charge in [0.2, 0.25) is 0 Å². The first kappa shape index (κ1) is 12.4. The molecule has 20 heavy (non-hydrogen) atoms. The third-order valence-electron chi connectivity index (χ3n) is 3.31. The van der Waals surface area contributed by atoms with Crippen molar-refractivity contribution in [3.63, 3.8) is 0 Å². The standard InChI is InChI=1S/C16H16N4/c17-16-13-2-1-8-19-14(13)3-4-15(16)20-11-7-12-5-9-18-10-6-12/h1-6,8-10,20H,7,11,17H2. The molecule has 0 unspecified atom stereocenters. The molecule has 0 amide bonds. The fourth-order valence-corrected chi connectivity index (χ4v) is 2.22. The second-order valence-corrected chi connectivity index (χ2v) is 4.63. The number of rotatable bonds is 4. The van der Waals surface area contributed by atoms with Crippen LogP contribution in [0.1, 0.15) is 5.56 Å². The van der Waals surface area contributed by atoms with Crippen LogP contribution in [0.2, 0.25) is 0 Å². The molecule has 0 aliphatic rings. The fraction of sp³-hybridized carbons (Fsp3) is 0.125. The van der Waals surface area contributed by atoms with Crippen LogP contribution in [0.15, 0.2) is 55.0 Å². The smallest absolute Gasteiger partial charge is 0.0724 e. The van der Waals surface area contributed by atoms with Gasteiger partial charge in [-0.1, -0.05) is 0 Å². The van der Waals surface area contributed by atoms with Gasteiger partial charge >= 0.3 is 0 Å². The van der Waals surface area contributed by atoms with Gasteiger partial charge in [-0.2, -0.15) is 0 Å². The van der Waals surface area contributed by atoms with E-state index in [-0.39, 0.29) is 0 Å². The number of hydrogen-bond donors (Lipinski definition) is 2. The third-order valence-corrected chi connectivity index (χ3v) is 3.31. The Morgan fingerprint density at radius 1 is 1.00 bits per heavy atom. The van der Waals surface area contributed by atoms with Crippen molar-refractivity contribution in [3.05, 3.63) is 60.6 Å². The maximum Gasteiger partial charge on any atom is 0.0724 e. The van der Waals surface area contributed by atoms with E-state index in [1.807, 2.05) is 48.8 Å². The zero-order chi connectivity index (χ0) is 13.8. The molecule has 100 valence electrons. The van der Waals surface area contributed by atoms with Crippen LogP contribution >= 0.6 is 0 Å². The Kier molecular flexibility index (Phi) is 3.46. The topological polar surface area (TPSA) is 63.8 Å². The van der Waals surface area contributed by atoms with Gasteiger partial charge in [-0.25, -0.2) is 0 Å². The number of fused-ring (bicyclic) bond motifs is 1. The first-order valence-electron chi connectivity index (χ1n) is 6.60. The molecule has 0 bridgehead atoms. The van der Waals surface area contributed by atoms with E-state index in [9.17, 15) is 0 Å². The van der Waals surface area contributed by atoms with Crippen molar-refractivity contribution in [2.24, 2.45) is 0 Å². The second kappa shape index (κ2) is 5.57. The molecule has 0 saturated heterocycles. The average molecular weight is 264 g/mol. The van der Waals surface area contributed by atoms with Crippen LogP contribution in [0, 0.1) is 0 Å². The van der Waals surface area contributed by atoms with Crippen LogP contribution in [0.25, 0.3) is 10.9 Å². The minimum Gasteiger partial charge on any atom is -0.397 e. The van der Waals surface area contributed by atoms with E-state index in [2.05, 4.69) is 15.3 Å². The molecule has 3 rings (SSSR count). The highest BCUT2D eigenvalue weighted by atomic mass is 14.9. The Hall–Kier alpha value is -2.62. The molecular weight excluding hydrogens is 248 g/mol. The van der Waals surface area contributed by atoms with E-state index < -0.39 is 0 Å². The van der Waals surface area contributed by atoms with Crippen molar-refractivity contribution in [1.29, 1.82) is 0 Å². The summed E-state index contributed by atoms with van der Waals surface area (Å²) >= 11 is 0. The summed E-state index contributed by atoms with van der Waals surface area (Å²) < 4.78 is 0. The van der Waals surface area contributed by atoms with Gasteiger partial charge in [0.15, 0.2) is 0 Å². The Bertz CT molecular complexity index is 710. The lowest BCUT2D eigenvalue weighted by Gasteiger charge is -2.11. The summed E-state index contributed by atoms with van der Waals surface area (Å²) in [5.74, 6) is 0. The molecule has 0 aliphatic heterocycles. The van der Waals surface area contributed by atoms with E-state index >= 15 is 0 Å². The third kappa shape index (κ3) is 2.54. The number of nitrogen functional groups attached to an aromatic ring is 1. The number of hydrogen-bond acceptors (Lipinski definition) is 4. The highest BCUT2D eigenvalue weighted by Crippen LogP contribution is 2.27. The van der Waals surface area contributed by atoms with Crippen LogP contribution in [-0.4, -0.2) is 16.5 Å². The molecule has 0 saturated carbocycles. The minimum absolute atomic E-state index is 0.755. The number of pyridine rings is 2. The molecule has 0 radical (unpaired) electrons. The van der Waals surface area contributed by atoms with Crippen molar-refractivity contribution < 1.29 is 0 Å². The lowest BCUT2D eigenvalue weighted by atomic mass is 10.1. The van der Waals surface area contributed by atoms with Crippen molar-refractivity contribution in [1.82, 2.24) is 9.97 Å². The highest BCUT2D eigenvalue weighted by Gasteiger charge is 2.04. The Morgan fingerprint density at radius 3 is 2.70 bits per heavy atom. The molecular formula is C16H16N4. The summed E-state index contributed by atoms with van der Waals surface area (Å²) in [5.41, 5.74) is 10.1. The maximum absolute atomic E-state index is 6.19. The van der Waals surface area contributed by atoms with Crippen LogP contribution in [0.3, 0.4) is 0 Å². The Labute approximate surface area is 117 Å². The predicted molar refractivity (Wildman–Crippen MR) is 82.6 cm³/mol. The number of nitrogens with two attached hydrogens (primary N) is 1. The first-order valence-corrected chi connectivity index (χ1v) is 6.60. The summed E-state index contributed by atoms with van der Waals surface area (Å²) in [7, 11) is 0. The number of aromatic nitrogens is 2. The van der Waals surface area contributed by atoms with Crippen LogP contribution in [0.4, 0.5) is 11.4 Å². The molecule has 3 N–H and O–H groups in total. The van der Waals surface area contributed by atoms with Crippen LogP contribution < -0.4 is 11.1 Å². The van der Waals surface area contributed by atoms with E-state index in [1.54, 1.807) is 6.20 Å². The maximum atomic E-state index is 6.19. The van der Waals surface area contributed by atoms with E-state index in [1.165, 1.54) is 5.56 Å². The van der Waals surface area contributed by atoms with E-state index in [0.29, 0.717) is 0 Å². The molecule has 0 aliphatic carbocycles. The van der Waals surface area contributed by atoms with Gasteiger partial charge in [-0.05, 0) is 48.4 Å². The van der Waals surface area contributed by atoms with Crippen LogP contribution in [0.5, 0.6) is 0 Å². The normalized spacial score (nSPS) is 10.6. The zero-order valence-corrected chi connectivity index (χ0v) is 11.1. The summed E-state index contributed by atoms with van der Waals surface area (Å²) in [6, 6.07) is 11.9. The summed E-state index contributed by atoms with van der Waals surface area (Å²) in [6.45, 7) is 0.833. The first-order chi connectivity index (χ1) is 9.84. The van der Waals surface area contributed by atoms with E-state index in [0.717, 1.165) is 35.2 Å². The number of anilines is 2. The highest BCUT2D eigenvalue weighted by molar-refractivity contribution is 5.96. The molecule has 4 heteroatoms. The summed E-state index contributed by atoms with van der Waals surface area (Å²) in [4.78, 5) is 8.31. The van der Waals surface area contributed by atoms with Crippen molar-refractivity contribution in [2.75, 3.05) is 17.6 Å². The van der Waals surface area contributed by atoms with Gasteiger partial charge in [0.1, 0.15) is 0 Å².